The van der Waals surface area contributed by atoms with Crippen LogP contribution in [0.15, 0.2) is 12.2 Å². The lowest BCUT2D eigenvalue weighted by Gasteiger charge is -2.25. The van der Waals surface area contributed by atoms with Gasteiger partial charge in [0.2, 0.25) is 0 Å². The van der Waals surface area contributed by atoms with E-state index in [1.807, 2.05) is 0 Å². The summed E-state index contributed by atoms with van der Waals surface area (Å²) in [6.07, 6.45) is 3.61. The molecule has 1 aliphatic heterocycles. The van der Waals surface area contributed by atoms with Crippen LogP contribution in [0, 0.1) is 5.92 Å². The minimum absolute atomic E-state index is 0.107. The number of hydrogen-bond acceptors (Lipinski definition) is 1. The zero-order chi connectivity index (χ0) is 9.19. The third-order valence-corrected chi connectivity index (χ3v) is 2.84. The fourth-order valence-electron chi connectivity index (χ4n) is 1.84. The van der Waals surface area contributed by atoms with E-state index in [0.29, 0.717) is 0 Å². The largest absolute Gasteiger partial charge is 0.375 e. The van der Waals surface area contributed by atoms with E-state index in [1.54, 1.807) is 0 Å². The summed E-state index contributed by atoms with van der Waals surface area (Å²) in [6.45, 7) is 11.4. The van der Waals surface area contributed by atoms with E-state index in [-0.39, 0.29) is 5.60 Å². The first-order valence-corrected chi connectivity index (χ1v) is 4.81. The number of allylic oxidation sites excluding steroid dienone is 1. The van der Waals surface area contributed by atoms with Gasteiger partial charge < -0.3 is 4.74 Å². The molecule has 0 aliphatic carbocycles. The third-order valence-electron chi connectivity index (χ3n) is 2.84. The Morgan fingerprint density at radius 1 is 1.58 bits per heavy atom. The van der Waals surface area contributed by atoms with Crippen molar-refractivity contribution >= 4 is 0 Å². The van der Waals surface area contributed by atoms with Crippen LogP contribution in [0.1, 0.15) is 40.0 Å². The number of hydrogen-bond donors (Lipinski definition) is 0. The van der Waals surface area contributed by atoms with E-state index in [4.69, 9.17) is 4.74 Å². The summed E-state index contributed by atoms with van der Waals surface area (Å²) in [6, 6.07) is 0. The molecule has 0 amide bonds. The van der Waals surface area contributed by atoms with Crippen molar-refractivity contribution in [3.8, 4) is 0 Å². The Hall–Kier alpha value is -0.300. The van der Waals surface area contributed by atoms with E-state index in [0.717, 1.165) is 18.9 Å². The van der Waals surface area contributed by atoms with E-state index in [2.05, 4.69) is 27.4 Å². The molecule has 0 N–H and O–H groups in total. The monoisotopic (exact) mass is 168 g/mol. The molecule has 1 nitrogen and oxygen atoms in total. The molecule has 0 aromatic rings. The average Bonchev–Trinajstić information content (AvgIpc) is 2.25. The van der Waals surface area contributed by atoms with Crippen molar-refractivity contribution < 1.29 is 4.74 Å². The molecule has 70 valence electrons. The minimum atomic E-state index is 0.107. The Morgan fingerprint density at radius 2 is 2.25 bits per heavy atom. The molecule has 0 radical (unpaired) electrons. The van der Waals surface area contributed by atoms with Crippen LogP contribution in [0.5, 0.6) is 0 Å². The maximum atomic E-state index is 5.66. The maximum Gasteiger partial charge on any atom is 0.0655 e. The van der Waals surface area contributed by atoms with Crippen LogP contribution in [-0.4, -0.2) is 12.2 Å². The standard InChI is InChI=1S/C11H20O/c1-9(2)5-6-10-7-8-12-11(10,3)4/h10H,1,5-8H2,2-4H3. The second kappa shape index (κ2) is 3.61. The summed E-state index contributed by atoms with van der Waals surface area (Å²) >= 11 is 0. The average molecular weight is 168 g/mol. The van der Waals surface area contributed by atoms with Gasteiger partial charge >= 0.3 is 0 Å². The second-order valence-electron chi connectivity index (χ2n) is 4.43. The minimum Gasteiger partial charge on any atom is -0.375 e. The fraction of sp³-hybridized carbons (Fsp3) is 0.818. The van der Waals surface area contributed by atoms with Crippen LogP contribution in [0.4, 0.5) is 0 Å². The Morgan fingerprint density at radius 3 is 2.67 bits per heavy atom. The first kappa shape index (κ1) is 9.79. The van der Waals surface area contributed by atoms with Crippen LogP contribution in [0.25, 0.3) is 0 Å². The smallest absolute Gasteiger partial charge is 0.0655 e. The van der Waals surface area contributed by atoms with E-state index in [1.165, 1.54) is 18.4 Å². The van der Waals surface area contributed by atoms with E-state index in [9.17, 15) is 0 Å². The summed E-state index contributed by atoms with van der Waals surface area (Å²) in [5.41, 5.74) is 1.40. The van der Waals surface area contributed by atoms with Crippen molar-refractivity contribution in [3.05, 3.63) is 12.2 Å². The van der Waals surface area contributed by atoms with Gasteiger partial charge in [-0.2, -0.15) is 0 Å². The highest BCUT2D eigenvalue weighted by Gasteiger charge is 2.34. The predicted molar refractivity (Wildman–Crippen MR) is 52.2 cm³/mol. The summed E-state index contributed by atoms with van der Waals surface area (Å²) in [4.78, 5) is 0. The normalized spacial score (nSPS) is 27.4. The molecule has 1 atom stereocenters. The van der Waals surface area contributed by atoms with Crippen molar-refractivity contribution in [2.45, 2.75) is 45.6 Å². The molecule has 0 saturated carbocycles. The molecule has 0 aromatic heterocycles. The first-order chi connectivity index (χ1) is 5.52. The van der Waals surface area contributed by atoms with E-state index >= 15 is 0 Å². The van der Waals surface area contributed by atoms with Gasteiger partial charge in [-0.05, 0) is 46.0 Å². The third kappa shape index (κ3) is 2.34. The van der Waals surface area contributed by atoms with Crippen LogP contribution >= 0.6 is 0 Å². The molecule has 12 heavy (non-hydrogen) atoms. The molecule has 1 rings (SSSR count). The van der Waals surface area contributed by atoms with Gasteiger partial charge in [-0.3, -0.25) is 0 Å². The molecular formula is C11H20O. The molecule has 0 bridgehead atoms. The van der Waals surface area contributed by atoms with Crippen molar-refractivity contribution in [1.29, 1.82) is 0 Å². The van der Waals surface area contributed by atoms with Crippen molar-refractivity contribution in [2.24, 2.45) is 5.92 Å². The maximum absolute atomic E-state index is 5.66. The highest BCUT2D eigenvalue weighted by atomic mass is 16.5. The molecule has 0 aromatic carbocycles. The molecule has 1 heterocycles. The Labute approximate surface area is 75.8 Å². The van der Waals surface area contributed by atoms with Gasteiger partial charge in [-0.15, -0.1) is 6.58 Å². The second-order valence-corrected chi connectivity index (χ2v) is 4.43. The topological polar surface area (TPSA) is 9.23 Å². The summed E-state index contributed by atoms with van der Waals surface area (Å²) in [5, 5.41) is 0. The molecular weight excluding hydrogens is 148 g/mol. The van der Waals surface area contributed by atoms with Gasteiger partial charge in [0.05, 0.1) is 5.60 Å². The van der Waals surface area contributed by atoms with Crippen molar-refractivity contribution in [1.82, 2.24) is 0 Å². The van der Waals surface area contributed by atoms with Gasteiger partial charge in [-0.25, -0.2) is 0 Å². The highest BCUT2D eigenvalue weighted by Crippen LogP contribution is 2.35. The number of rotatable bonds is 3. The van der Waals surface area contributed by atoms with Crippen LogP contribution in [0.3, 0.4) is 0 Å². The van der Waals surface area contributed by atoms with Gasteiger partial charge in [0.15, 0.2) is 0 Å². The summed E-state index contributed by atoms with van der Waals surface area (Å²) in [5.74, 6) is 0.731. The SMILES string of the molecule is C=C(C)CCC1CCOC1(C)C. The van der Waals surface area contributed by atoms with E-state index < -0.39 is 0 Å². The zero-order valence-electron chi connectivity index (χ0n) is 8.52. The fourth-order valence-corrected chi connectivity index (χ4v) is 1.84. The molecule has 0 spiro atoms. The van der Waals surface area contributed by atoms with Crippen molar-refractivity contribution in [2.75, 3.05) is 6.61 Å². The van der Waals surface area contributed by atoms with Crippen molar-refractivity contribution in [3.63, 3.8) is 0 Å². The molecule has 1 saturated heterocycles. The highest BCUT2D eigenvalue weighted by molar-refractivity contribution is 4.92. The predicted octanol–water partition coefficient (Wildman–Crippen LogP) is 3.16. The summed E-state index contributed by atoms with van der Waals surface area (Å²) in [7, 11) is 0. The molecule has 1 fully saturated rings. The van der Waals surface area contributed by atoms with Gasteiger partial charge in [0, 0.05) is 6.61 Å². The Balaban J connectivity index is 2.36. The van der Waals surface area contributed by atoms with Crippen LogP contribution < -0.4 is 0 Å². The van der Waals surface area contributed by atoms with Gasteiger partial charge in [0.1, 0.15) is 0 Å². The van der Waals surface area contributed by atoms with Crippen LogP contribution in [0.2, 0.25) is 0 Å². The lowest BCUT2D eigenvalue weighted by molar-refractivity contribution is 0.00936. The zero-order valence-corrected chi connectivity index (χ0v) is 8.52. The lowest BCUT2D eigenvalue weighted by Crippen LogP contribution is -2.27. The quantitative estimate of drug-likeness (QED) is 0.588. The lowest BCUT2D eigenvalue weighted by atomic mass is 9.86. The molecule has 1 heteroatoms. The first-order valence-electron chi connectivity index (χ1n) is 4.81. The van der Waals surface area contributed by atoms with Gasteiger partial charge in [-0.1, -0.05) is 5.57 Å². The number of ether oxygens (including phenoxy) is 1. The molecule has 1 unspecified atom stereocenters. The Kier molecular flexibility index (Phi) is 2.94. The van der Waals surface area contributed by atoms with Gasteiger partial charge in [0.25, 0.3) is 0 Å². The van der Waals surface area contributed by atoms with Crippen LogP contribution in [-0.2, 0) is 4.74 Å². The summed E-state index contributed by atoms with van der Waals surface area (Å²) < 4.78 is 5.66. The Bertz CT molecular complexity index is 170. The molecule has 1 aliphatic rings.